The van der Waals surface area contributed by atoms with Crippen LogP contribution in [0.2, 0.25) is 0 Å². The first-order valence-electron chi connectivity index (χ1n) is 5.26. The third-order valence-electron chi connectivity index (χ3n) is 2.07. The molecule has 5 heteroatoms. The summed E-state index contributed by atoms with van der Waals surface area (Å²) in [6.45, 7) is 9.35. The molecule has 0 aromatic carbocycles. The number of nitrogens with zero attached hydrogens (tertiary/aromatic N) is 2. The van der Waals surface area contributed by atoms with Gasteiger partial charge in [-0.2, -0.15) is 0 Å². The second-order valence-electron chi connectivity index (χ2n) is 4.57. The molecule has 1 aromatic rings. The second kappa shape index (κ2) is 5.27. The molecule has 0 radical (unpaired) electrons. The molecule has 90 valence electrons. The van der Waals surface area contributed by atoms with Gasteiger partial charge in [0.05, 0.1) is 9.26 Å². The normalized spacial score (nSPS) is 11.8. The van der Waals surface area contributed by atoms with Crippen LogP contribution in [0.3, 0.4) is 0 Å². The van der Waals surface area contributed by atoms with Crippen LogP contribution in [-0.4, -0.2) is 16.6 Å². The predicted molar refractivity (Wildman–Crippen MR) is 73.2 cm³/mol. The van der Waals surface area contributed by atoms with E-state index in [-0.39, 0.29) is 5.41 Å². The maximum Gasteiger partial charge on any atom is 0.156 e. The fourth-order valence-corrected chi connectivity index (χ4v) is 2.32. The summed E-state index contributed by atoms with van der Waals surface area (Å²) >= 11 is 2.19. The number of hydrogen-bond acceptors (Lipinski definition) is 4. The van der Waals surface area contributed by atoms with Gasteiger partial charge in [-0.3, -0.25) is 0 Å². The molecule has 2 N–H and O–H groups in total. The Morgan fingerprint density at radius 1 is 1.31 bits per heavy atom. The Kier molecular flexibility index (Phi) is 4.49. The van der Waals surface area contributed by atoms with Crippen LogP contribution in [0.1, 0.15) is 39.2 Å². The van der Waals surface area contributed by atoms with E-state index >= 15 is 0 Å². The Morgan fingerprint density at radius 2 is 1.94 bits per heavy atom. The van der Waals surface area contributed by atoms with Crippen LogP contribution in [0.15, 0.2) is 0 Å². The maximum atomic E-state index is 5.88. The van der Waals surface area contributed by atoms with E-state index in [1.165, 1.54) is 0 Å². The average Bonchev–Trinajstić information content (AvgIpc) is 2.17. The zero-order valence-corrected chi connectivity index (χ0v) is 12.3. The van der Waals surface area contributed by atoms with E-state index in [1.54, 1.807) is 0 Å². The molecule has 0 saturated heterocycles. The third-order valence-corrected chi connectivity index (χ3v) is 3.13. The zero-order valence-electron chi connectivity index (χ0n) is 10.2. The van der Waals surface area contributed by atoms with Gasteiger partial charge in [0, 0.05) is 12.0 Å². The van der Waals surface area contributed by atoms with E-state index in [2.05, 4.69) is 53.3 Å². The van der Waals surface area contributed by atoms with Crippen molar-refractivity contribution in [3.8, 4) is 0 Å². The lowest BCUT2D eigenvalue weighted by Gasteiger charge is -2.20. The first kappa shape index (κ1) is 13.6. The highest BCUT2D eigenvalue weighted by molar-refractivity contribution is 14.1. The van der Waals surface area contributed by atoms with Gasteiger partial charge in [-0.05, 0) is 29.5 Å². The van der Waals surface area contributed by atoms with E-state index in [0.717, 1.165) is 9.26 Å². The van der Waals surface area contributed by atoms with Crippen molar-refractivity contribution in [1.29, 1.82) is 0 Å². The molecule has 4 nitrogen and oxygen atoms in total. The van der Waals surface area contributed by atoms with Gasteiger partial charge in [0.1, 0.15) is 12.4 Å². The lowest BCUT2D eigenvalue weighted by Crippen LogP contribution is -2.19. The Hall–Kier alpha value is -0.430. The summed E-state index contributed by atoms with van der Waals surface area (Å²) in [6.07, 6.45) is 0. The van der Waals surface area contributed by atoms with Crippen LogP contribution in [0.5, 0.6) is 0 Å². The van der Waals surface area contributed by atoms with Gasteiger partial charge in [0.15, 0.2) is 5.82 Å². The smallest absolute Gasteiger partial charge is 0.156 e. The minimum Gasteiger partial charge on any atom is -0.383 e. The van der Waals surface area contributed by atoms with E-state index in [4.69, 9.17) is 10.5 Å². The van der Waals surface area contributed by atoms with Crippen molar-refractivity contribution in [3.05, 3.63) is 15.1 Å². The van der Waals surface area contributed by atoms with Gasteiger partial charge < -0.3 is 10.5 Å². The van der Waals surface area contributed by atoms with Crippen LogP contribution < -0.4 is 5.73 Å². The van der Waals surface area contributed by atoms with Crippen LogP contribution in [0.25, 0.3) is 0 Å². The Labute approximate surface area is 110 Å². The molecule has 0 spiro atoms. The molecular weight excluding hydrogens is 317 g/mol. The molecule has 0 aliphatic carbocycles. The van der Waals surface area contributed by atoms with Crippen molar-refractivity contribution >= 4 is 28.4 Å². The standard InChI is InChI=1S/C11H18IN3O/c1-5-16-6-7-14-9(11(2,3)4)8(12)10(13)15-7/h5-6H2,1-4H3,(H2,13,14,15). The summed E-state index contributed by atoms with van der Waals surface area (Å²) in [7, 11) is 0. The molecule has 1 aromatic heterocycles. The Morgan fingerprint density at radius 3 is 2.44 bits per heavy atom. The predicted octanol–water partition coefficient (Wildman–Crippen LogP) is 2.50. The highest BCUT2D eigenvalue weighted by atomic mass is 127. The van der Waals surface area contributed by atoms with Crippen LogP contribution in [-0.2, 0) is 16.8 Å². The van der Waals surface area contributed by atoms with E-state index in [9.17, 15) is 0 Å². The van der Waals surface area contributed by atoms with E-state index in [0.29, 0.717) is 24.9 Å². The van der Waals surface area contributed by atoms with Gasteiger partial charge in [0.25, 0.3) is 0 Å². The van der Waals surface area contributed by atoms with Gasteiger partial charge in [-0.15, -0.1) is 0 Å². The van der Waals surface area contributed by atoms with Crippen LogP contribution >= 0.6 is 22.6 Å². The fourth-order valence-electron chi connectivity index (χ4n) is 1.27. The number of nitrogens with two attached hydrogens (primary N) is 1. The summed E-state index contributed by atoms with van der Waals surface area (Å²) in [5.41, 5.74) is 6.82. The maximum absolute atomic E-state index is 5.88. The van der Waals surface area contributed by atoms with Crippen molar-refractivity contribution in [2.45, 2.75) is 39.7 Å². The second-order valence-corrected chi connectivity index (χ2v) is 5.65. The third kappa shape index (κ3) is 3.28. The number of rotatable bonds is 3. The van der Waals surface area contributed by atoms with Crippen LogP contribution in [0, 0.1) is 3.57 Å². The highest BCUT2D eigenvalue weighted by Gasteiger charge is 2.22. The first-order chi connectivity index (χ1) is 7.36. The largest absolute Gasteiger partial charge is 0.383 e. The minimum absolute atomic E-state index is 0.0332. The molecule has 0 bridgehead atoms. The number of anilines is 1. The molecule has 0 amide bonds. The summed E-state index contributed by atoms with van der Waals surface area (Å²) in [5.74, 6) is 1.19. The fraction of sp³-hybridized carbons (Fsp3) is 0.636. The summed E-state index contributed by atoms with van der Waals surface area (Å²) in [5, 5.41) is 0. The molecular formula is C11H18IN3O. The summed E-state index contributed by atoms with van der Waals surface area (Å²) in [4.78, 5) is 8.74. The number of hydrogen-bond donors (Lipinski definition) is 1. The van der Waals surface area contributed by atoms with E-state index in [1.807, 2.05) is 6.92 Å². The first-order valence-corrected chi connectivity index (χ1v) is 6.34. The Balaban J connectivity index is 3.12. The topological polar surface area (TPSA) is 61.0 Å². The monoisotopic (exact) mass is 335 g/mol. The molecule has 0 saturated carbocycles. The number of aromatic nitrogens is 2. The summed E-state index contributed by atoms with van der Waals surface area (Å²) in [6, 6.07) is 0. The molecule has 1 heterocycles. The van der Waals surface area contributed by atoms with Gasteiger partial charge in [-0.25, -0.2) is 9.97 Å². The minimum atomic E-state index is -0.0332. The van der Waals surface area contributed by atoms with Crippen LogP contribution in [0.4, 0.5) is 5.82 Å². The molecule has 16 heavy (non-hydrogen) atoms. The lowest BCUT2D eigenvalue weighted by molar-refractivity contribution is 0.128. The SMILES string of the molecule is CCOCc1nc(N)c(I)c(C(C)(C)C)n1. The summed E-state index contributed by atoms with van der Waals surface area (Å²) < 4.78 is 6.23. The molecule has 0 unspecified atom stereocenters. The van der Waals surface area contributed by atoms with Crippen molar-refractivity contribution in [2.75, 3.05) is 12.3 Å². The van der Waals surface area contributed by atoms with E-state index < -0.39 is 0 Å². The zero-order chi connectivity index (χ0) is 12.3. The van der Waals surface area contributed by atoms with Gasteiger partial charge in [0.2, 0.25) is 0 Å². The number of nitrogen functional groups attached to an aromatic ring is 1. The highest BCUT2D eigenvalue weighted by Crippen LogP contribution is 2.28. The molecule has 0 aliphatic rings. The molecule has 0 fully saturated rings. The number of halogens is 1. The molecule has 0 atom stereocenters. The lowest BCUT2D eigenvalue weighted by atomic mass is 9.92. The Bertz CT molecular complexity index is 374. The number of ether oxygens (including phenoxy) is 1. The van der Waals surface area contributed by atoms with Gasteiger partial charge in [-0.1, -0.05) is 20.8 Å². The van der Waals surface area contributed by atoms with Crippen molar-refractivity contribution in [2.24, 2.45) is 0 Å². The molecule has 0 aliphatic heterocycles. The van der Waals surface area contributed by atoms with Crippen molar-refractivity contribution in [1.82, 2.24) is 9.97 Å². The van der Waals surface area contributed by atoms with Gasteiger partial charge >= 0.3 is 0 Å². The average molecular weight is 335 g/mol. The van der Waals surface area contributed by atoms with Crippen molar-refractivity contribution < 1.29 is 4.74 Å². The molecule has 1 rings (SSSR count). The quantitative estimate of drug-likeness (QED) is 0.862. The van der Waals surface area contributed by atoms with Crippen molar-refractivity contribution in [3.63, 3.8) is 0 Å².